The molecule has 2 atom stereocenters. The minimum Gasteiger partial charge on any atom is -0.371 e. The Morgan fingerprint density at radius 2 is 2.04 bits per heavy atom. The van der Waals surface area contributed by atoms with Crippen molar-refractivity contribution in [2.45, 2.75) is 39.2 Å². The van der Waals surface area contributed by atoms with Gasteiger partial charge in [-0.1, -0.05) is 38.5 Å². The number of para-hydroxylation sites is 1. The number of hydrogen-bond donors (Lipinski definition) is 2. The summed E-state index contributed by atoms with van der Waals surface area (Å²) in [6.07, 6.45) is 3.01. The summed E-state index contributed by atoms with van der Waals surface area (Å²) < 4.78 is 0. The number of benzene rings is 1. The molecule has 1 aliphatic heterocycles. The topological polar surface area (TPSA) is 58.4 Å². The number of nitrogens with zero attached hydrogens (tertiary/aromatic N) is 1. The Kier molecular flexibility index (Phi) is 10.3. The van der Waals surface area contributed by atoms with Crippen molar-refractivity contribution in [3.8, 4) is 0 Å². The largest absolute Gasteiger partial charge is 0.371 e. The molecule has 1 aromatic rings. The molecule has 0 bridgehead atoms. The van der Waals surface area contributed by atoms with Crippen molar-refractivity contribution in [1.82, 2.24) is 5.32 Å². The summed E-state index contributed by atoms with van der Waals surface area (Å²) in [4.78, 5) is 14.3. The summed E-state index contributed by atoms with van der Waals surface area (Å²) in [5.41, 5.74) is 8.69. The fourth-order valence-electron chi connectivity index (χ4n) is 2.75. The lowest BCUT2D eigenvalue weighted by Crippen LogP contribution is -2.45. The molecule has 3 N–H and O–H groups in total. The van der Waals surface area contributed by atoms with Crippen LogP contribution in [0.15, 0.2) is 24.3 Å². The molecule has 0 radical (unpaired) electrons. The van der Waals surface area contributed by atoms with Gasteiger partial charge in [0.15, 0.2) is 0 Å². The van der Waals surface area contributed by atoms with Gasteiger partial charge in [-0.15, -0.1) is 24.8 Å². The van der Waals surface area contributed by atoms with E-state index in [1.165, 1.54) is 11.3 Å². The molecule has 0 spiro atoms. The van der Waals surface area contributed by atoms with Crippen LogP contribution in [-0.4, -0.2) is 31.6 Å². The number of fused-ring (bicyclic) bond motifs is 1. The van der Waals surface area contributed by atoms with Gasteiger partial charge >= 0.3 is 0 Å². The Morgan fingerprint density at radius 3 is 2.74 bits per heavy atom. The number of anilines is 1. The second kappa shape index (κ2) is 10.7. The van der Waals surface area contributed by atoms with E-state index in [1.807, 2.05) is 6.92 Å². The maximum atomic E-state index is 11.9. The Balaban J connectivity index is 0.00000242. The van der Waals surface area contributed by atoms with Crippen molar-refractivity contribution in [2.24, 2.45) is 11.7 Å². The molecule has 6 heteroatoms. The summed E-state index contributed by atoms with van der Waals surface area (Å²) in [6, 6.07) is 8.17. The molecule has 132 valence electrons. The van der Waals surface area contributed by atoms with Crippen molar-refractivity contribution in [3.05, 3.63) is 29.8 Å². The lowest BCUT2D eigenvalue weighted by molar-refractivity contribution is -0.123. The highest BCUT2D eigenvalue weighted by Crippen LogP contribution is 2.27. The zero-order valence-electron chi connectivity index (χ0n) is 14.0. The zero-order chi connectivity index (χ0) is 15.2. The Labute approximate surface area is 152 Å². The van der Waals surface area contributed by atoms with Crippen LogP contribution in [0.5, 0.6) is 0 Å². The van der Waals surface area contributed by atoms with Crippen molar-refractivity contribution in [2.75, 3.05) is 24.5 Å². The third-order valence-corrected chi connectivity index (χ3v) is 4.45. The first-order valence-corrected chi connectivity index (χ1v) is 7.99. The molecule has 2 unspecified atom stereocenters. The lowest BCUT2D eigenvalue weighted by atomic mass is 9.99. The smallest absolute Gasteiger partial charge is 0.237 e. The Morgan fingerprint density at radius 1 is 1.35 bits per heavy atom. The van der Waals surface area contributed by atoms with Crippen molar-refractivity contribution >= 4 is 36.4 Å². The molecule has 0 aliphatic carbocycles. The average Bonchev–Trinajstić information content (AvgIpc) is 2.93. The van der Waals surface area contributed by atoms with Crippen LogP contribution in [0.1, 0.15) is 32.3 Å². The summed E-state index contributed by atoms with van der Waals surface area (Å²) in [6.45, 7) is 6.84. The fourth-order valence-corrected chi connectivity index (χ4v) is 2.75. The van der Waals surface area contributed by atoms with Crippen LogP contribution in [0, 0.1) is 5.92 Å². The number of hydrogen-bond acceptors (Lipinski definition) is 3. The molecular weight excluding hydrogens is 333 g/mol. The molecule has 1 aromatic carbocycles. The molecule has 0 saturated carbocycles. The highest BCUT2D eigenvalue weighted by atomic mass is 35.5. The van der Waals surface area contributed by atoms with Crippen LogP contribution in [-0.2, 0) is 11.2 Å². The standard InChI is InChI=1S/C17H27N3O.2ClH/c1-3-13(2)16(18)17(21)19-10-6-11-20-12-9-14-7-4-5-8-15(14)20;;/h4-5,7-8,13,16H,3,6,9-12,18H2,1-2H3,(H,19,21);2*1H. The van der Waals surface area contributed by atoms with Crippen LogP contribution in [0.3, 0.4) is 0 Å². The van der Waals surface area contributed by atoms with E-state index in [2.05, 4.69) is 41.4 Å². The van der Waals surface area contributed by atoms with Gasteiger partial charge in [0.1, 0.15) is 0 Å². The van der Waals surface area contributed by atoms with Gasteiger partial charge in [0.05, 0.1) is 6.04 Å². The van der Waals surface area contributed by atoms with Crippen LogP contribution < -0.4 is 16.0 Å². The number of carbonyl (C=O) groups is 1. The second-order valence-corrected chi connectivity index (χ2v) is 5.92. The SMILES string of the molecule is CCC(C)C(N)C(=O)NCCCN1CCc2ccccc21.Cl.Cl. The summed E-state index contributed by atoms with van der Waals surface area (Å²) in [7, 11) is 0. The van der Waals surface area contributed by atoms with E-state index in [9.17, 15) is 4.79 Å². The van der Waals surface area contributed by atoms with Crippen LogP contribution in [0.4, 0.5) is 5.69 Å². The van der Waals surface area contributed by atoms with E-state index in [0.717, 1.165) is 32.4 Å². The van der Waals surface area contributed by atoms with E-state index < -0.39 is 0 Å². The zero-order valence-corrected chi connectivity index (χ0v) is 15.6. The maximum absolute atomic E-state index is 11.9. The van der Waals surface area contributed by atoms with Gasteiger partial charge in [-0.3, -0.25) is 4.79 Å². The second-order valence-electron chi connectivity index (χ2n) is 5.92. The monoisotopic (exact) mass is 361 g/mol. The van der Waals surface area contributed by atoms with Gasteiger partial charge < -0.3 is 16.0 Å². The number of carbonyl (C=O) groups excluding carboxylic acids is 1. The van der Waals surface area contributed by atoms with E-state index in [-0.39, 0.29) is 42.7 Å². The first kappa shape index (κ1) is 22.0. The molecule has 23 heavy (non-hydrogen) atoms. The summed E-state index contributed by atoms with van der Waals surface area (Å²) in [5, 5.41) is 2.95. The Bertz CT molecular complexity index is 485. The lowest BCUT2D eigenvalue weighted by Gasteiger charge is -2.20. The fraction of sp³-hybridized carbons (Fsp3) is 0.588. The van der Waals surface area contributed by atoms with E-state index in [0.29, 0.717) is 6.54 Å². The molecule has 1 aliphatic rings. The predicted molar refractivity (Wildman–Crippen MR) is 102 cm³/mol. The van der Waals surface area contributed by atoms with Gasteiger partial charge in [0, 0.05) is 25.3 Å². The quantitative estimate of drug-likeness (QED) is 0.734. The van der Waals surface area contributed by atoms with Gasteiger partial charge in [0.25, 0.3) is 0 Å². The Hall–Kier alpha value is -0.970. The first-order valence-electron chi connectivity index (χ1n) is 7.99. The highest BCUT2D eigenvalue weighted by Gasteiger charge is 2.20. The van der Waals surface area contributed by atoms with Gasteiger partial charge in [0.2, 0.25) is 5.91 Å². The molecular formula is C17H29Cl2N3O. The summed E-state index contributed by atoms with van der Waals surface area (Å²) >= 11 is 0. The molecule has 1 heterocycles. The third-order valence-electron chi connectivity index (χ3n) is 4.45. The van der Waals surface area contributed by atoms with Crippen LogP contribution >= 0.6 is 24.8 Å². The first-order chi connectivity index (χ1) is 10.1. The van der Waals surface area contributed by atoms with E-state index >= 15 is 0 Å². The molecule has 4 nitrogen and oxygen atoms in total. The van der Waals surface area contributed by atoms with E-state index in [4.69, 9.17) is 5.73 Å². The number of amides is 1. The predicted octanol–water partition coefficient (Wildman–Crippen LogP) is 2.77. The molecule has 0 saturated heterocycles. The number of nitrogens with one attached hydrogen (secondary N) is 1. The number of rotatable bonds is 7. The highest BCUT2D eigenvalue weighted by molar-refractivity contribution is 5.85. The van der Waals surface area contributed by atoms with Crippen LogP contribution in [0.25, 0.3) is 0 Å². The van der Waals surface area contributed by atoms with Crippen molar-refractivity contribution in [1.29, 1.82) is 0 Å². The van der Waals surface area contributed by atoms with Crippen LogP contribution in [0.2, 0.25) is 0 Å². The summed E-state index contributed by atoms with van der Waals surface area (Å²) in [5.74, 6) is 0.210. The van der Waals surface area contributed by atoms with Gasteiger partial charge in [-0.25, -0.2) is 0 Å². The maximum Gasteiger partial charge on any atom is 0.237 e. The molecule has 0 aromatic heterocycles. The normalized spacial score (nSPS) is 15.0. The molecule has 0 fully saturated rings. The average molecular weight is 362 g/mol. The third kappa shape index (κ3) is 5.87. The number of nitrogens with two attached hydrogens (primary N) is 1. The van der Waals surface area contributed by atoms with Crippen molar-refractivity contribution < 1.29 is 4.79 Å². The van der Waals surface area contributed by atoms with Gasteiger partial charge in [-0.2, -0.15) is 0 Å². The minimum absolute atomic E-state index is 0. The minimum atomic E-state index is -0.387. The number of halogens is 2. The van der Waals surface area contributed by atoms with E-state index in [1.54, 1.807) is 0 Å². The molecule has 2 rings (SSSR count). The molecule has 1 amide bonds. The van der Waals surface area contributed by atoms with Crippen molar-refractivity contribution in [3.63, 3.8) is 0 Å². The van der Waals surface area contributed by atoms with Gasteiger partial charge in [-0.05, 0) is 30.4 Å².